The molecule has 0 saturated heterocycles. The molecule has 0 heterocycles. The molecule has 1 N–H and O–H groups in total. The van der Waals surface area contributed by atoms with Crippen LogP contribution in [0.4, 0.5) is 4.39 Å². The molecule has 3 nitrogen and oxygen atoms in total. The van der Waals surface area contributed by atoms with Gasteiger partial charge in [0.2, 0.25) is 0 Å². The van der Waals surface area contributed by atoms with Gasteiger partial charge < -0.3 is 9.84 Å². The van der Waals surface area contributed by atoms with Crippen molar-refractivity contribution >= 4 is 21.9 Å². The first kappa shape index (κ1) is 16.1. The lowest BCUT2D eigenvalue weighted by Gasteiger charge is -2.24. The first-order chi connectivity index (χ1) is 8.88. The van der Waals surface area contributed by atoms with Crippen molar-refractivity contribution in [1.82, 2.24) is 0 Å². The Labute approximate surface area is 120 Å². The number of benzene rings is 1. The Kier molecular flexibility index (Phi) is 5.94. The van der Waals surface area contributed by atoms with Crippen molar-refractivity contribution in [2.45, 2.75) is 26.9 Å². The summed E-state index contributed by atoms with van der Waals surface area (Å²) in [5.41, 5.74) is 0.368. The van der Waals surface area contributed by atoms with Gasteiger partial charge in [0.25, 0.3) is 0 Å². The Hall–Kier alpha value is -0.940. The van der Waals surface area contributed by atoms with Gasteiger partial charge in [0.15, 0.2) is 0 Å². The predicted octanol–water partition coefficient (Wildman–Crippen LogP) is 3.46. The Bertz CT molecular complexity index is 448. The first-order valence-corrected chi connectivity index (χ1v) is 6.97. The summed E-state index contributed by atoms with van der Waals surface area (Å²) in [6, 6.07) is 4.33. The summed E-state index contributed by atoms with van der Waals surface area (Å²) in [6.45, 7) is 5.60. The van der Waals surface area contributed by atoms with Crippen LogP contribution in [0, 0.1) is 17.7 Å². The maximum absolute atomic E-state index is 13.5. The zero-order valence-corrected chi connectivity index (χ0v) is 12.8. The van der Waals surface area contributed by atoms with Gasteiger partial charge in [-0.15, -0.1) is 0 Å². The Morgan fingerprint density at radius 3 is 2.58 bits per heavy atom. The fourth-order valence-corrected chi connectivity index (χ4v) is 2.15. The summed E-state index contributed by atoms with van der Waals surface area (Å²) < 4.78 is 18.8. The van der Waals surface area contributed by atoms with E-state index in [0.717, 1.165) is 0 Å². The highest BCUT2D eigenvalue weighted by Gasteiger charge is 2.32. The zero-order chi connectivity index (χ0) is 14.6. The summed E-state index contributed by atoms with van der Waals surface area (Å²) in [5.74, 6) is -1.75. The molecular formula is C14H18BrFO3. The van der Waals surface area contributed by atoms with Gasteiger partial charge in [0.05, 0.1) is 23.1 Å². The standard InChI is InChI=1S/C14H18BrFO3/c1-4-19-14(18)12(8(2)3)13(17)9-5-6-10(15)11(16)7-9/h5-8,12-13,17H,4H2,1-3H3. The van der Waals surface area contributed by atoms with Crippen LogP contribution in [-0.2, 0) is 9.53 Å². The fraction of sp³-hybridized carbons (Fsp3) is 0.500. The van der Waals surface area contributed by atoms with E-state index in [0.29, 0.717) is 10.0 Å². The lowest BCUT2D eigenvalue weighted by atomic mass is 9.86. The molecule has 19 heavy (non-hydrogen) atoms. The van der Waals surface area contributed by atoms with Crippen LogP contribution in [0.3, 0.4) is 0 Å². The third-order valence-corrected chi connectivity index (χ3v) is 3.55. The second-order valence-electron chi connectivity index (χ2n) is 4.64. The molecule has 2 atom stereocenters. The Morgan fingerprint density at radius 2 is 2.11 bits per heavy atom. The topological polar surface area (TPSA) is 46.5 Å². The molecule has 0 bridgehead atoms. The third-order valence-electron chi connectivity index (χ3n) is 2.90. The van der Waals surface area contributed by atoms with Crippen LogP contribution in [0.15, 0.2) is 22.7 Å². The van der Waals surface area contributed by atoms with E-state index in [1.54, 1.807) is 13.0 Å². The van der Waals surface area contributed by atoms with Gasteiger partial charge in [-0.2, -0.15) is 0 Å². The molecule has 0 fully saturated rings. The Morgan fingerprint density at radius 1 is 1.47 bits per heavy atom. The minimum atomic E-state index is -1.08. The van der Waals surface area contributed by atoms with Crippen LogP contribution in [-0.4, -0.2) is 17.7 Å². The predicted molar refractivity (Wildman–Crippen MR) is 74.0 cm³/mol. The largest absolute Gasteiger partial charge is 0.466 e. The number of hydrogen-bond acceptors (Lipinski definition) is 3. The molecule has 0 saturated carbocycles. The first-order valence-electron chi connectivity index (χ1n) is 6.18. The Balaban J connectivity index is 3.01. The van der Waals surface area contributed by atoms with E-state index in [4.69, 9.17) is 4.74 Å². The fourth-order valence-electron chi connectivity index (χ4n) is 1.91. The van der Waals surface area contributed by atoms with Crippen molar-refractivity contribution in [3.63, 3.8) is 0 Å². The normalized spacial score (nSPS) is 14.3. The lowest BCUT2D eigenvalue weighted by Crippen LogP contribution is -2.29. The van der Waals surface area contributed by atoms with Gasteiger partial charge in [0, 0.05) is 0 Å². The number of ether oxygens (including phenoxy) is 1. The number of carbonyl (C=O) groups is 1. The average molecular weight is 333 g/mol. The van der Waals surface area contributed by atoms with Crippen molar-refractivity contribution in [1.29, 1.82) is 0 Å². The van der Waals surface area contributed by atoms with Gasteiger partial charge in [-0.1, -0.05) is 19.9 Å². The van der Waals surface area contributed by atoms with E-state index < -0.39 is 23.8 Å². The molecular weight excluding hydrogens is 315 g/mol. The number of halogens is 2. The maximum Gasteiger partial charge on any atom is 0.312 e. The van der Waals surface area contributed by atoms with E-state index in [9.17, 15) is 14.3 Å². The van der Waals surface area contributed by atoms with Crippen LogP contribution in [0.1, 0.15) is 32.4 Å². The van der Waals surface area contributed by atoms with E-state index in [2.05, 4.69) is 15.9 Å². The summed E-state index contributed by atoms with van der Waals surface area (Å²) in [6.07, 6.45) is -1.08. The molecule has 0 radical (unpaired) electrons. The summed E-state index contributed by atoms with van der Waals surface area (Å²) in [4.78, 5) is 11.9. The van der Waals surface area contributed by atoms with Gasteiger partial charge in [-0.3, -0.25) is 4.79 Å². The van der Waals surface area contributed by atoms with Crippen LogP contribution >= 0.6 is 15.9 Å². The van der Waals surface area contributed by atoms with E-state index >= 15 is 0 Å². The van der Waals surface area contributed by atoms with E-state index in [-0.39, 0.29) is 12.5 Å². The SMILES string of the molecule is CCOC(=O)C(C(C)C)C(O)c1ccc(Br)c(F)c1. The zero-order valence-electron chi connectivity index (χ0n) is 11.2. The second kappa shape index (κ2) is 7.01. The number of rotatable bonds is 5. The van der Waals surface area contributed by atoms with Gasteiger partial charge in [-0.05, 0) is 46.5 Å². The van der Waals surface area contributed by atoms with Gasteiger partial charge in [0.1, 0.15) is 5.82 Å². The lowest BCUT2D eigenvalue weighted by molar-refractivity contribution is -0.154. The van der Waals surface area contributed by atoms with Gasteiger partial charge in [-0.25, -0.2) is 4.39 Å². The number of hydrogen-bond donors (Lipinski definition) is 1. The summed E-state index contributed by atoms with van der Waals surface area (Å²) >= 11 is 3.05. The molecule has 1 aromatic rings. The third kappa shape index (κ3) is 4.01. The molecule has 2 unspecified atom stereocenters. The number of aliphatic hydroxyl groups is 1. The number of aliphatic hydroxyl groups excluding tert-OH is 1. The van der Waals surface area contributed by atoms with E-state index in [1.165, 1.54) is 12.1 Å². The molecule has 0 amide bonds. The quantitative estimate of drug-likeness (QED) is 0.840. The van der Waals surface area contributed by atoms with Crippen molar-refractivity contribution in [3.8, 4) is 0 Å². The maximum atomic E-state index is 13.5. The average Bonchev–Trinajstić information content (AvgIpc) is 2.32. The minimum Gasteiger partial charge on any atom is -0.466 e. The summed E-state index contributed by atoms with van der Waals surface area (Å²) in [5, 5.41) is 10.3. The highest BCUT2D eigenvalue weighted by atomic mass is 79.9. The number of carbonyl (C=O) groups excluding carboxylic acids is 1. The monoisotopic (exact) mass is 332 g/mol. The van der Waals surface area contributed by atoms with E-state index in [1.807, 2.05) is 13.8 Å². The van der Waals surface area contributed by atoms with Crippen LogP contribution in [0.25, 0.3) is 0 Å². The molecule has 0 aliphatic carbocycles. The molecule has 0 aliphatic rings. The summed E-state index contributed by atoms with van der Waals surface area (Å²) in [7, 11) is 0. The second-order valence-corrected chi connectivity index (χ2v) is 5.49. The molecule has 106 valence electrons. The molecule has 0 aromatic heterocycles. The van der Waals surface area contributed by atoms with Crippen LogP contribution in [0.5, 0.6) is 0 Å². The highest BCUT2D eigenvalue weighted by molar-refractivity contribution is 9.10. The molecule has 5 heteroatoms. The molecule has 1 rings (SSSR count). The minimum absolute atomic E-state index is 0.110. The van der Waals surface area contributed by atoms with Crippen molar-refractivity contribution < 1.29 is 19.0 Å². The van der Waals surface area contributed by atoms with Crippen molar-refractivity contribution in [2.24, 2.45) is 11.8 Å². The van der Waals surface area contributed by atoms with Crippen LogP contribution < -0.4 is 0 Å². The van der Waals surface area contributed by atoms with Crippen molar-refractivity contribution in [2.75, 3.05) is 6.61 Å². The van der Waals surface area contributed by atoms with Crippen LogP contribution in [0.2, 0.25) is 0 Å². The van der Waals surface area contributed by atoms with Crippen molar-refractivity contribution in [3.05, 3.63) is 34.1 Å². The smallest absolute Gasteiger partial charge is 0.312 e. The highest BCUT2D eigenvalue weighted by Crippen LogP contribution is 2.31. The molecule has 0 spiro atoms. The molecule has 0 aliphatic heterocycles. The number of esters is 1. The molecule has 1 aromatic carbocycles. The van der Waals surface area contributed by atoms with Gasteiger partial charge >= 0.3 is 5.97 Å².